The van der Waals surface area contributed by atoms with Gasteiger partial charge in [0.1, 0.15) is 10.0 Å². The fourth-order valence-electron chi connectivity index (χ4n) is 1.77. The smallest absolute Gasteiger partial charge is 0.175 e. The first kappa shape index (κ1) is 16.5. The van der Waals surface area contributed by atoms with Crippen molar-refractivity contribution in [1.82, 2.24) is 10.2 Å². The Morgan fingerprint density at radius 2 is 1.81 bits per heavy atom. The van der Waals surface area contributed by atoms with Gasteiger partial charge < -0.3 is 0 Å². The molecule has 0 saturated heterocycles. The monoisotopic (exact) mass is 342 g/mol. The Kier molecular flexibility index (Phi) is 5.40. The molecule has 1 unspecified atom stereocenters. The number of benzene rings is 1. The highest BCUT2D eigenvalue weighted by atomic mass is 32.2. The van der Waals surface area contributed by atoms with Crippen molar-refractivity contribution in [3.05, 3.63) is 39.8 Å². The summed E-state index contributed by atoms with van der Waals surface area (Å²) in [6, 6.07) is 7.10. The maximum absolute atomic E-state index is 11.4. The van der Waals surface area contributed by atoms with E-state index < -0.39 is 9.84 Å². The number of sulfone groups is 1. The Balaban J connectivity index is 1.98. The molecule has 114 valence electrons. The Labute approximate surface area is 133 Å². The van der Waals surface area contributed by atoms with Crippen LogP contribution < -0.4 is 0 Å². The van der Waals surface area contributed by atoms with Crippen molar-refractivity contribution in [2.24, 2.45) is 0 Å². The van der Waals surface area contributed by atoms with Gasteiger partial charge in [0.15, 0.2) is 9.84 Å². The second-order valence-corrected chi connectivity index (χ2v) is 9.23. The van der Waals surface area contributed by atoms with Crippen LogP contribution in [-0.4, -0.2) is 24.9 Å². The minimum absolute atomic E-state index is 0.285. The predicted molar refractivity (Wildman–Crippen MR) is 88.5 cm³/mol. The van der Waals surface area contributed by atoms with E-state index in [0.29, 0.717) is 4.90 Å². The third-order valence-electron chi connectivity index (χ3n) is 3.05. The molecule has 0 fully saturated rings. The Hall–Kier alpha value is -0.920. The van der Waals surface area contributed by atoms with Crippen LogP contribution in [0.5, 0.6) is 0 Å². The highest BCUT2D eigenvalue weighted by Crippen LogP contribution is 2.32. The Morgan fingerprint density at radius 1 is 1.19 bits per heavy atom. The lowest BCUT2D eigenvalue weighted by Crippen LogP contribution is -1.97. The quantitative estimate of drug-likeness (QED) is 0.804. The summed E-state index contributed by atoms with van der Waals surface area (Å²) in [4.78, 5) is 0.361. The van der Waals surface area contributed by atoms with Crippen molar-refractivity contribution >= 4 is 32.9 Å². The van der Waals surface area contributed by atoms with Gasteiger partial charge in [-0.1, -0.05) is 19.1 Å². The van der Waals surface area contributed by atoms with Crippen molar-refractivity contribution < 1.29 is 8.42 Å². The van der Waals surface area contributed by atoms with Crippen LogP contribution in [0.15, 0.2) is 29.2 Å². The lowest BCUT2D eigenvalue weighted by molar-refractivity contribution is 0.602. The van der Waals surface area contributed by atoms with Crippen LogP contribution in [0.3, 0.4) is 0 Å². The van der Waals surface area contributed by atoms with E-state index in [-0.39, 0.29) is 5.25 Å². The molecule has 0 amide bonds. The Bertz CT molecular complexity index is 693. The largest absolute Gasteiger partial charge is 0.224 e. The lowest BCUT2D eigenvalue weighted by Gasteiger charge is -2.11. The topological polar surface area (TPSA) is 59.9 Å². The molecule has 7 heteroatoms. The van der Waals surface area contributed by atoms with Crippen molar-refractivity contribution in [3.8, 4) is 0 Å². The molecule has 4 nitrogen and oxygen atoms in total. The summed E-state index contributed by atoms with van der Waals surface area (Å²) in [6.07, 6.45) is 2.14. The molecule has 0 radical (unpaired) electrons. The molecule has 0 aliphatic rings. The number of rotatable bonds is 6. The molecule has 1 aromatic heterocycles. The highest BCUT2D eigenvalue weighted by molar-refractivity contribution is 7.98. The van der Waals surface area contributed by atoms with Gasteiger partial charge in [0.25, 0.3) is 0 Å². The summed E-state index contributed by atoms with van der Waals surface area (Å²) < 4.78 is 22.9. The van der Waals surface area contributed by atoms with Crippen LogP contribution in [0.4, 0.5) is 0 Å². The summed E-state index contributed by atoms with van der Waals surface area (Å²) in [7, 11) is -3.12. The van der Waals surface area contributed by atoms with E-state index in [0.717, 1.165) is 27.8 Å². The van der Waals surface area contributed by atoms with E-state index in [1.165, 1.54) is 6.26 Å². The molecule has 21 heavy (non-hydrogen) atoms. The first-order chi connectivity index (χ1) is 9.90. The minimum Gasteiger partial charge on any atom is -0.224 e. The standard InChI is InChI=1S/C14H18N2O2S3/c1-4-13-15-16-14(20-13)9-19-10(2)11-5-7-12(8-6-11)21(3,17)18/h5-8,10H,4,9H2,1-3H3. The van der Waals surface area contributed by atoms with Crippen LogP contribution in [-0.2, 0) is 22.0 Å². The first-order valence-electron chi connectivity index (χ1n) is 6.63. The zero-order valence-corrected chi connectivity index (χ0v) is 14.7. The fraction of sp³-hybridized carbons (Fsp3) is 0.429. The van der Waals surface area contributed by atoms with Crippen molar-refractivity contribution in [2.75, 3.05) is 6.26 Å². The van der Waals surface area contributed by atoms with Crippen LogP contribution in [0.1, 0.15) is 34.7 Å². The zero-order valence-electron chi connectivity index (χ0n) is 12.2. The molecular formula is C14H18N2O2S3. The second kappa shape index (κ2) is 6.89. The average Bonchev–Trinajstić information content (AvgIpc) is 2.92. The molecule has 2 rings (SSSR count). The van der Waals surface area contributed by atoms with Gasteiger partial charge in [0, 0.05) is 17.3 Å². The molecule has 1 aromatic carbocycles. The molecule has 0 spiro atoms. The summed E-state index contributed by atoms with van der Waals surface area (Å²) in [6.45, 7) is 4.19. The maximum atomic E-state index is 11.4. The van der Waals surface area contributed by atoms with Gasteiger partial charge in [-0.25, -0.2) is 8.42 Å². The molecule has 2 aromatic rings. The summed E-state index contributed by atoms with van der Waals surface area (Å²) in [5.41, 5.74) is 1.12. The normalized spacial score (nSPS) is 13.3. The average molecular weight is 343 g/mol. The number of nitrogens with zero attached hydrogens (tertiary/aromatic N) is 2. The molecule has 0 saturated carbocycles. The molecule has 0 aliphatic heterocycles. The number of aryl methyl sites for hydroxylation is 1. The first-order valence-corrected chi connectivity index (χ1v) is 10.4. The van der Waals surface area contributed by atoms with Crippen molar-refractivity contribution in [3.63, 3.8) is 0 Å². The van der Waals surface area contributed by atoms with E-state index in [4.69, 9.17) is 0 Å². The minimum atomic E-state index is -3.12. The molecule has 0 bridgehead atoms. The third kappa shape index (κ3) is 4.52. The van der Waals surface area contributed by atoms with Crippen molar-refractivity contribution in [1.29, 1.82) is 0 Å². The third-order valence-corrected chi connectivity index (χ3v) is 6.64. The number of hydrogen-bond acceptors (Lipinski definition) is 6. The molecule has 1 atom stereocenters. The fourth-order valence-corrected chi connectivity index (χ4v) is 4.22. The molecule has 0 aliphatic carbocycles. The summed E-state index contributed by atoms with van der Waals surface area (Å²) in [5.74, 6) is 0.826. The molecular weight excluding hydrogens is 324 g/mol. The van der Waals surface area contributed by atoms with Gasteiger partial charge >= 0.3 is 0 Å². The van der Waals surface area contributed by atoms with Gasteiger partial charge in [-0.3, -0.25) is 0 Å². The summed E-state index contributed by atoms with van der Waals surface area (Å²) in [5, 5.41) is 10.7. The van der Waals surface area contributed by atoms with Gasteiger partial charge in [0.05, 0.1) is 4.90 Å². The lowest BCUT2D eigenvalue weighted by atomic mass is 10.2. The number of hydrogen-bond donors (Lipinski definition) is 0. The van der Waals surface area contributed by atoms with E-state index >= 15 is 0 Å². The van der Waals surface area contributed by atoms with Gasteiger partial charge in [-0.2, -0.15) is 0 Å². The molecule has 1 heterocycles. The van der Waals surface area contributed by atoms with Gasteiger partial charge in [-0.05, 0) is 31.0 Å². The van der Waals surface area contributed by atoms with Crippen molar-refractivity contribution in [2.45, 2.75) is 36.2 Å². The van der Waals surface area contributed by atoms with Crippen LogP contribution in [0.25, 0.3) is 0 Å². The zero-order chi connectivity index (χ0) is 15.5. The second-order valence-electron chi connectivity index (χ2n) is 4.74. The van der Waals surface area contributed by atoms with E-state index in [2.05, 4.69) is 24.0 Å². The maximum Gasteiger partial charge on any atom is 0.175 e. The highest BCUT2D eigenvalue weighted by Gasteiger charge is 2.11. The van der Waals surface area contributed by atoms with Gasteiger partial charge in [0.2, 0.25) is 0 Å². The molecule has 0 N–H and O–H groups in total. The van der Waals surface area contributed by atoms with E-state index in [1.54, 1.807) is 35.2 Å². The van der Waals surface area contributed by atoms with Crippen LogP contribution >= 0.6 is 23.1 Å². The van der Waals surface area contributed by atoms with Crippen LogP contribution in [0, 0.1) is 0 Å². The SMILES string of the molecule is CCc1nnc(CSC(C)c2ccc(S(C)(=O)=O)cc2)s1. The number of aromatic nitrogens is 2. The summed E-state index contributed by atoms with van der Waals surface area (Å²) >= 11 is 3.43. The van der Waals surface area contributed by atoms with E-state index in [9.17, 15) is 8.42 Å². The van der Waals surface area contributed by atoms with Crippen LogP contribution in [0.2, 0.25) is 0 Å². The van der Waals surface area contributed by atoms with E-state index in [1.807, 2.05) is 12.1 Å². The number of thioether (sulfide) groups is 1. The Morgan fingerprint density at radius 3 is 2.33 bits per heavy atom. The van der Waals surface area contributed by atoms with Gasteiger partial charge in [-0.15, -0.1) is 33.3 Å². The predicted octanol–water partition coefficient (Wildman–Crippen LogP) is 3.50.